The molecular formula is C8H14CoN5O6-3. The van der Waals surface area contributed by atoms with Crippen molar-refractivity contribution in [1.29, 1.82) is 0 Å². The first-order valence-electron chi connectivity index (χ1n) is 4.52. The number of hydrogen-bond acceptors (Lipinski definition) is 11. The van der Waals surface area contributed by atoms with Crippen LogP contribution in [0.2, 0.25) is 0 Å². The maximum absolute atomic E-state index is 9.63. The number of hydrogen-bond donors (Lipinski definition) is 2. The van der Waals surface area contributed by atoms with Gasteiger partial charge >= 0.3 is 0 Å². The molecule has 0 amide bonds. The van der Waals surface area contributed by atoms with Crippen molar-refractivity contribution in [2.75, 3.05) is 0 Å². The van der Waals surface area contributed by atoms with Gasteiger partial charge in [0.2, 0.25) is 0 Å². The van der Waals surface area contributed by atoms with Gasteiger partial charge in [0.05, 0.1) is 22.8 Å². The van der Waals surface area contributed by atoms with Crippen LogP contribution in [-0.2, 0) is 16.8 Å². The van der Waals surface area contributed by atoms with Gasteiger partial charge in [0.25, 0.3) is 0 Å². The molecule has 0 unspecified atom stereocenters. The zero-order chi connectivity index (χ0) is 15.8. The minimum atomic E-state index is 0. The molecule has 0 bridgehead atoms. The molecule has 1 radical (unpaired) electrons. The first-order chi connectivity index (χ1) is 8.85. The molecule has 0 atom stereocenters. The van der Waals surface area contributed by atoms with Crippen molar-refractivity contribution in [3.05, 3.63) is 20.5 Å². The van der Waals surface area contributed by atoms with Crippen LogP contribution in [0.15, 0.2) is 26.0 Å². The Balaban J connectivity index is -0.000000103. The van der Waals surface area contributed by atoms with Gasteiger partial charge in [-0.1, -0.05) is 10.3 Å². The Morgan fingerprint density at radius 2 is 0.950 bits per heavy atom. The Bertz CT molecular complexity index is 304. The van der Waals surface area contributed by atoms with Gasteiger partial charge < -0.3 is 41.3 Å². The summed E-state index contributed by atoms with van der Waals surface area (Å²) in [5, 5.41) is 54.8. The molecule has 0 aromatic carbocycles. The van der Waals surface area contributed by atoms with Crippen LogP contribution in [0, 0.1) is 20.5 Å². The molecule has 0 aliphatic carbocycles. The van der Waals surface area contributed by atoms with E-state index in [9.17, 15) is 10.4 Å². The molecule has 0 heterocycles. The van der Waals surface area contributed by atoms with Crippen LogP contribution in [0.3, 0.4) is 0 Å². The molecule has 0 fully saturated rings. The Morgan fingerprint density at radius 1 is 0.750 bits per heavy atom. The van der Waals surface area contributed by atoms with Gasteiger partial charge in [-0.05, 0) is 27.7 Å². The summed E-state index contributed by atoms with van der Waals surface area (Å²) in [7, 11) is 0. The summed E-state index contributed by atoms with van der Waals surface area (Å²) in [6, 6.07) is 0. The van der Waals surface area contributed by atoms with E-state index >= 15 is 0 Å². The van der Waals surface area contributed by atoms with E-state index in [0.29, 0.717) is 0 Å². The molecular weight excluding hydrogens is 321 g/mol. The average Bonchev–Trinajstić information content (AvgIpc) is 2.45. The molecule has 0 aromatic heterocycles. The van der Waals surface area contributed by atoms with Crippen LogP contribution in [-0.4, -0.2) is 33.3 Å². The van der Waals surface area contributed by atoms with Crippen molar-refractivity contribution in [1.82, 2.24) is 0 Å². The van der Waals surface area contributed by atoms with Crippen LogP contribution < -0.4 is 0 Å². The van der Waals surface area contributed by atoms with E-state index in [2.05, 4.69) is 20.6 Å². The summed E-state index contributed by atoms with van der Waals surface area (Å²) in [4.78, 5) is 8.00. The van der Waals surface area contributed by atoms with Crippen LogP contribution in [0.5, 0.6) is 0 Å². The van der Waals surface area contributed by atoms with E-state index in [1.807, 2.05) is 0 Å². The van der Waals surface area contributed by atoms with E-state index in [-0.39, 0.29) is 39.6 Å². The second-order valence-corrected chi connectivity index (χ2v) is 2.80. The van der Waals surface area contributed by atoms with E-state index in [1.165, 1.54) is 27.7 Å². The van der Waals surface area contributed by atoms with Gasteiger partial charge in [0.15, 0.2) is 0 Å². The van der Waals surface area contributed by atoms with Crippen molar-refractivity contribution in [3.63, 3.8) is 0 Å². The van der Waals surface area contributed by atoms with Gasteiger partial charge in [0, 0.05) is 16.8 Å². The zero-order valence-electron chi connectivity index (χ0n) is 11.1. The molecule has 12 heteroatoms. The van der Waals surface area contributed by atoms with Gasteiger partial charge in [-0.15, -0.1) is 5.34 Å². The summed E-state index contributed by atoms with van der Waals surface area (Å²) in [5.41, 5.74) is 0.903. The Hall–Kier alpha value is -2.21. The standard InChI is InChI=1S/2C4H8N2O2.Co.HNO2/c2*1-3(5-7)4(2)6-8;;2-1-3/h2*7-8H,1-2H3;;(H,2,3)/p-3. The quantitative estimate of drug-likeness (QED) is 0.335. The van der Waals surface area contributed by atoms with E-state index < -0.39 is 0 Å². The normalized spacial score (nSPS) is 12.0. The van der Waals surface area contributed by atoms with Crippen molar-refractivity contribution in [2.24, 2.45) is 26.0 Å². The Labute approximate surface area is 125 Å². The van der Waals surface area contributed by atoms with E-state index in [0.717, 1.165) is 5.34 Å². The van der Waals surface area contributed by atoms with Crippen LogP contribution in [0.1, 0.15) is 27.7 Å². The fourth-order valence-electron chi connectivity index (χ4n) is 0.277. The molecule has 119 valence electrons. The predicted molar refractivity (Wildman–Crippen MR) is 71.9 cm³/mol. The SMILES string of the molecule is CC(=N[O-])C(C)=NO.CC(=N[O-])C(C)=NO.O=N[O-].[Co]. The zero-order valence-corrected chi connectivity index (χ0v) is 12.1. The maximum atomic E-state index is 9.63. The minimum Gasteiger partial charge on any atom is -0.792 e. The van der Waals surface area contributed by atoms with Crippen LogP contribution >= 0.6 is 0 Å². The summed E-state index contributed by atoms with van der Waals surface area (Å²) < 4.78 is 0. The second-order valence-electron chi connectivity index (χ2n) is 2.80. The number of rotatable bonds is 2. The maximum Gasteiger partial charge on any atom is 0.0967 e. The van der Waals surface area contributed by atoms with E-state index in [1.54, 1.807) is 0 Å². The smallest absolute Gasteiger partial charge is 0.0967 e. The van der Waals surface area contributed by atoms with Crippen molar-refractivity contribution in [3.8, 4) is 0 Å². The molecule has 20 heavy (non-hydrogen) atoms. The van der Waals surface area contributed by atoms with Gasteiger partial charge in [0.1, 0.15) is 0 Å². The number of nitrogens with zero attached hydrogens (tertiary/aromatic N) is 5. The van der Waals surface area contributed by atoms with Gasteiger partial charge in [-0.25, -0.2) is 0 Å². The summed E-state index contributed by atoms with van der Waals surface area (Å²) in [5.74, 6) is 0. The Morgan fingerprint density at radius 3 is 1.00 bits per heavy atom. The summed E-state index contributed by atoms with van der Waals surface area (Å²) in [6.45, 7) is 5.94. The monoisotopic (exact) mass is 335 g/mol. The van der Waals surface area contributed by atoms with Crippen LogP contribution in [0.4, 0.5) is 0 Å². The topological polar surface area (TPSA) is 189 Å². The molecule has 2 N–H and O–H groups in total. The minimum absolute atomic E-state index is 0. The van der Waals surface area contributed by atoms with Crippen molar-refractivity contribution in [2.45, 2.75) is 27.7 Å². The first kappa shape index (κ1) is 26.4. The molecule has 0 rings (SSSR count). The van der Waals surface area contributed by atoms with Gasteiger partial charge in [-0.2, -0.15) is 0 Å². The molecule has 11 nitrogen and oxygen atoms in total. The second kappa shape index (κ2) is 19.1. The molecule has 0 spiro atoms. The van der Waals surface area contributed by atoms with Crippen LogP contribution in [0.25, 0.3) is 0 Å². The largest absolute Gasteiger partial charge is 0.792 e. The van der Waals surface area contributed by atoms with Crippen molar-refractivity contribution < 1.29 is 27.2 Å². The fraction of sp³-hybridized carbons (Fsp3) is 0.500. The third-order valence-corrected chi connectivity index (χ3v) is 1.62. The third-order valence-electron chi connectivity index (χ3n) is 1.62. The fourth-order valence-corrected chi connectivity index (χ4v) is 0.277. The number of oxime groups is 2. The predicted octanol–water partition coefficient (Wildman–Crippen LogP) is 1.84. The Kier molecular flexibility index (Phi) is 25.2. The molecule has 0 aromatic rings. The van der Waals surface area contributed by atoms with Gasteiger partial charge in [-0.3, -0.25) is 0 Å². The summed E-state index contributed by atoms with van der Waals surface area (Å²) in [6.07, 6.45) is 0. The summed E-state index contributed by atoms with van der Waals surface area (Å²) >= 11 is 0. The molecule has 0 aliphatic rings. The average molecular weight is 335 g/mol. The molecule has 0 saturated carbocycles. The van der Waals surface area contributed by atoms with E-state index in [4.69, 9.17) is 20.5 Å². The molecule has 0 aliphatic heterocycles. The third kappa shape index (κ3) is 18.2. The first-order valence-corrected chi connectivity index (χ1v) is 4.52. The molecule has 0 saturated heterocycles. The van der Waals surface area contributed by atoms with Crippen molar-refractivity contribution >= 4 is 22.8 Å².